The first-order chi connectivity index (χ1) is 12.5. The highest BCUT2D eigenvalue weighted by Gasteiger charge is 2.35. The molecule has 0 saturated carbocycles. The molecule has 26 heavy (non-hydrogen) atoms. The minimum absolute atomic E-state index is 0.268. The van der Waals surface area contributed by atoms with Gasteiger partial charge in [-0.25, -0.2) is 0 Å². The standard InChI is InChI=1S/C20H20N2O4/c1-13-4-7-15(8-5-13)21-18(23)14-6-9-16-17(12-14)20(25)22(19(16)24)10-3-11-26-2/h4-9,12H,3,10-11H2,1-2H3,(H,21,23). The summed E-state index contributed by atoms with van der Waals surface area (Å²) in [7, 11) is 1.57. The van der Waals surface area contributed by atoms with Gasteiger partial charge in [-0.05, 0) is 43.7 Å². The van der Waals surface area contributed by atoms with Gasteiger partial charge in [0.05, 0.1) is 11.1 Å². The van der Waals surface area contributed by atoms with E-state index in [9.17, 15) is 14.4 Å². The number of fused-ring (bicyclic) bond motifs is 1. The van der Waals surface area contributed by atoms with Crippen LogP contribution in [0.5, 0.6) is 0 Å². The van der Waals surface area contributed by atoms with Crippen molar-refractivity contribution in [1.29, 1.82) is 0 Å². The highest BCUT2D eigenvalue weighted by molar-refractivity contribution is 6.22. The molecule has 0 aromatic heterocycles. The number of amides is 3. The van der Waals surface area contributed by atoms with Crippen molar-refractivity contribution in [2.45, 2.75) is 13.3 Å². The molecule has 0 aliphatic carbocycles. The largest absolute Gasteiger partial charge is 0.385 e. The molecule has 0 atom stereocenters. The number of anilines is 1. The summed E-state index contributed by atoms with van der Waals surface area (Å²) in [6.07, 6.45) is 0.572. The Bertz CT molecular complexity index is 859. The molecule has 1 heterocycles. The van der Waals surface area contributed by atoms with Gasteiger partial charge < -0.3 is 10.1 Å². The third kappa shape index (κ3) is 3.50. The number of hydrogen-bond acceptors (Lipinski definition) is 4. The van der Waals surface area contributed by atoms with Crippen LogP contribution in [0.2, 0.25) is 0 Å². The van der Waals surface area contributed by atoms with E-state index in [2.05, 4.69) is 5.32 Å². The smallest absolute Gasteiger partial charge is 0.261 e. The lowest BCUT2D eigenvalue weighted by Gasteiger charge is -2.12. The number of methoxy groups -OCH3 is 1. The molecule has 0 radical (unpaired) electrons. The van der Waals surface area contributed by atoms with E-state index in [-0.39, 0.29) is 23.3 Å². The second kappa shape index (κ2) is 7.49. The third-order valence-corrected chi connectivity index (χ3v) is 4.27. The molecule has 2 aromatic carbocycles. The van der Waals surface area contributed by atoms with E-state index >= 15 is 0 Å². The molecule has 0 unspecified atom stereocenters. The zero-order valence-corrected chi connectivity index (χ0v) is 14.7. The Balaban J connectivity index is 1.77. The first-order valence-corrected chi connectivity index (χ1v) is 8.38. The summed E-state index contributed by atoms with van der Waals surface area (Å²) in [5, 5.41) is 2.79. The fourth-order valence-corrected chi connectivity index (χ4v) is 2.84. The molecular formula is C20H20N2O4. The minimum atomic E-state index is -0.369. The Morgan fingerprint density at radius 2 is 1.73 bits per heavy atom. The fraction of sp³-hybridized carbons (Fsp3) is 0.250. The second-order valence-electron chi connectivity index (χ2n) is 6.19. The molecule has 1 N–H and O–H groups in total. The number of nitrogens with zero attached hydrogens (tertiary/aromatic N) is 1. The van der Waals surface area contributed by atoms with Crippen LogP contribution in [0, 0.1) is 6.92 Å². The summed E-state index contributed by atoms with van der Waals surface area (Å²) in [6.45, 7) is 2.73. The average molecular weight is 352 g/mol. The monoisotopic (exact) mass is 352 g/mol. The average Bonchev–Trinajstić information content (AvgIpc) is 2.88. The van der Waals surface area contributed by atoms with Crippen LogP contribution in [0.15, 0.2) is 42.5 Å². The summed E-state index contributed by atoms with van der Waals surface area (Å²) in [6, 6.07) is 12.0. The van der Waals surface area contributed by atoms with Gasteiger partial charge in [-0.15, -0.1) is 0 Å². The van der Waals surface area contributed by atoms with E-state index in [0.717, 1.165) is 5.56 Å². The van der Waals surface area contributed by atoms with Crippen molar-refractivity contribution in [3.63, 3.8) is 0 Å². The van der Waals surface area contributed by atoms with Crippen molar-refractivity contribution in [3.05, 3.63) is 64.7 Å². The van der Waals surface area contributed by atoms with E-state index in [0.29, 0.717) is 36.4 Å². The topological polar surface area (TPSA) is 75.7 Å². The molecule has 134 valence electrons. The van der Waals surface area contributed by atoms with Gasteiger partial charge in [0.1, 0.15) is 0 Å². The quantitative estimate of drug-likeness (QED) is 0.641. The second-order valence-corrected chi connectivity index (χ2v) is 6.19. The summed E-state index contributed by atoms with van der Waals surface area (Å²) in [4.78, 5) is 38.5. The van der Waals surface area contributed by atoms with E-state index < -0.39 is 0 Å². The maximum absolute atomic E-state index is 12.5. The number of ether oxygens (including phenoxy) is 1. The van der Waals surface area contributed by atoms with Crippen LogP contribution in [0.4, 0.5) is 5.69 Å². The van der Waals surface area contributed by atoms with Gasteiger partial charge in [0, 0.05) is 31.5 Å². The van der Waals surface area contributed by atoms with Crippen molar-refractivity contribution < 1.29 is 19.1 Å². The zero-order chi connectivity index (χ0) is 18.7. The highest BCUT2D eigenvalue weighted by atomic mass is 16.5. The van der Waals surface area contributed by atoms with Crippen LogP contribution in [-0.4, -0.2) is 42.9 Å². The predicted octanol–water partition coefficient (Wildman–Crippen LogP) is 2.88. The summed E-state index contributed by atoms with van der Waals surface area (Å²) in [5.74, 6) is -1.02. The molecular weight excluding hydrogens is 332 g/mol. The van der Waals surface area contributed by atoms with E-state index in [1.807, 2.05) is 31.2 Å². The van der Waals surface area contributed by atoms with Crippen molar-refractivity contribution in [2.24, 2.45) is 0 Å². The molecule has 3 rings (SSSR count). The van der Waals surface area contributed by atoms with Gasteiger partial charge >= 0.3 is 0 Å². The number of benzene rings is 2. The molecule has 0 fully saturated rings. The van der Waals surface area contributed by atoms with Crippen molar-refractivity contribution in [3.8, 4) is 0 Å². The predicted molar refractivity (Wildman–Crippen MR) is 97.4 cm³/mol. The Kier molecular flexibility index (Phi) is 5.14. The molecule has 6 nitrogen and oxygen atoms in total. The number of imide groups is 1. The maximum atomic E-state index is 12.5. The van der Waals surface area contributed by atoms with Crippen LogP contribution < -0.4 is 5.32 Å². The van der Waals surface area contributed by atoms with E-state index in [1.54, 1.807) is 13.2 Å². The lowest BCUT2D eigenvalue weighted by molar-refractivity contribution is 0.0638. The van der Waals surface area contributed by atoms with Crippen LogP contribution in [-0.2, 0) is 4.74 Å². The van der Waals surface area contributed by atoms with Crippen LogP contribution in [0.25, 0.3) is 0 Å². The Morgan fingerprint density at radius 3 is 2.42 bits per heavy atom. The molecule has 0 bridgehead atoms. The molecule has 3 amide bonds. The number of nitrogens with one attached hydrogen (secondary N) is 1. The van der Waals surface area contributed by atoms with Crippen LogP contribution >= 0.6 is 0 Å². The number of aryl methyl sites for hydroxylation is 1. The highest BCUT2D eigenvalue weighted by Crippen LogP contribution is 2.24. The third-order valence-electron chi connectivity index (χ3n) is 4.27. The van der Waals surface area contributed by atoms with Gasteiger partial charge in [0.25, 0.3) is 17.7 Å². The zero-order valence-electron chi connectivity index (χ0n) is 14.7. The SMILES string of the molecule is COCCCN1C(=O)c2ccc(C(=O)Nc3ccc(C)cc3)cc2C1=O. The lowest BCUT2D eigenvalue weighted by atomic mass is 10.1. The van der Waals surface area contributed by atoms with Crippen molar-refractivity contribution >= 4 is 23.4 Å². The van der Waals surface area contributed by atoms with E-state index in [1.165, 1.54) is 17.0 Å². The maximum Gasteiger partial charge on any atom is 0.261 e. The van der Waals surface area contributed by atoms with Gasteiger partial charge in [-0.1, -0.05) is 17.7 Å². The Labute approximate surface area is 151 Å². The molecule has 2 aromatic rings. The number of hydrogen-bond donors (Lipinski definition) is 1. The minimum Gasteiger partial charge on any atom is -0.385 e. The molecule has 1 aliphatic rings. The van der Waals surface area contributed by atoms with E-state index in [4.69, 9.17) is 4.74 Å². The number of carbonyl (C=O) groups is 3. The molecule has 1 aliphatic heterocycles. The lowest BCUT2D eigenvalue weighted by Crippen LogP contribution is -2.31. The number of rotatable bonds is 6. The van der Waals surface area contributed by atoms with Crippen molar-refractivity contribution in [1.82, 2.24) is 4.90 Å². The summed E-state index contributed by atoms with van der Waals surface area (Å²) < 4.78 is 4.96. The number of carbonyl (C=O) groups excluding carboxylic acids is 3. The first-order valence-electron chi connectivity index (χ1n) is 8.38. The normalized spacial score (nSPS) is 13.1. The summed E-state index contributed by atoms with van der Waals surface area (Å²) in [5.41, 5.74) is 2.70. The first kappa shape index (κ1) is 17.8. The Morgan fingerprint density at radius 1 is 1.04 bits per heavy atom. The molecule has 0 spiro atoms. The molecule has 6 heteroatoms. The van der Waals surface area contributed by atoms with Crippen molar-refractivity contribution in [2.75, 3.05) is 25.6 Å². The van der Waals surface area contributed by atoms with Crippen LogP contribution in [0.3, 0.4) is 0 Å². The molecule has 0 saturated heterocycles. The van der Waals surface area contributed by atoms with Gasteiger partial charge in [-0.3, -0.25) is 19.3 Å². The fourth-order valence-electron chi connectivity index (χ4n) is 2.84. The van der Waals surface area contributed by atoms with Gasteiger partial charge in [0.15, 0.2) is 0 Å². The van der Waals surface area contributed by atoms with Crippen LogP contribution in [0.1, 0.15) is 43.1 Å². The summed E-state index contributed by atoms with van der Waals surface area (Å²) >= 11 is 0. The van der Waals surface area contributed by atoms with Gasteiger partial charge in [-0.2, -0.15) is 0 Å². The Hall–Kier alpha value is -2.99. The van der Waals surface area contributed by atoms with Gasteiger partial charge in [0.2, 0.25) is 0 Å².